The maximum absolute atomic E-state index is 11.2. The molecule has 1 aliphatic carbocycles. The summed E-state index contributed by atoms with van der Waals surface area (Å²) in [6.07, 6.45) is 1.99. The lowest BCUT2D eigenvalue weighted by atomic mass is 9.77. The average Bonchev–Trinajstić information content (AvgIpc) is 2.31. The van der Waals surface area contributed by atoms with Gasteiger partial charge in [-0.2, -0.15) is 8.42 Å². The van der Waals surface area contributed by atoms with Crippen molar-refractivity contribution < 1.29 is 18.1 Å². The number of aliphatic hydroxyl groups excluding tert-OH is 1. The van der Waals surface area contributed by atoms with Crippen molar-refractivity contribution >= 4 is 10.1 Å². The Balaban J connectivity index is 0.000000686. The lowest BCUT2D eigenvalue weighted by Crippen LogP contribution is -2.57. The summed E-state index contributed by atoms with van der Waals surface area (Å²) in [6.45, 7) is 4.82. The number of rotatable bonds is 1. The average molecular weight is 265 g/mol. The second-order valence-corrected chi connectivity index (χ2v) is 6.12. The molecule has 0 spiro atoms. The second-order valence-electron chi connectivity index (χ2n) is 4.48. The van der Waals surface area contributed by atoms with Gasteiger partial charge in [0.25, 0.3) is 10.1 Å². The molecule has 2 rings (SSSR count). The number of piperidine rings is 1. The van der Waals surface area contributed by atoms with Gasteiger partial charge in [-0.3, -0.25) is 4.55 Å². The van der Waals surface area contributed by atoms with Crippen molar-refractivity contribution in [3.05, 3.63) is 0 Å². The van der Waals surface area contributed by atoms with E-state index in [4.69, 9.17) is 4.55 Å². The maximum atomic E-state index is 11.2. The van der Waals surface area contributed by atoms with E-state index in [1.807, 2.05) is 13.8 Å². The first-order chi connectivity index (χ1) is 8.00. The van der Waals surface area contributed by atoms with Gasteiger partial charge in [0.2, 0.25) is 0 Å². The van der Waals surface area contributed by atoms with Crippen LogP contribution in [0.15, 0.2) is 0 Å². The summed E-state index contributed by atoms with van der Waals surface area (Å²) in [6, 6.07) is -0.167. The van der Waals surface area contributed by atoms with Crippen LogP contribution < -0.4 is 5.32 Å². The van der Waals surface area contributed by atoms with Gasteiger partial charge in [0, 0.05) is 6.04 Å². The highest BCUT2D eigenvalue weighted by molar-refractivity contribution is 7.86. The van der Waals surface area contributed by atoms with Crippen LogP contribution in [0.1, 0.15) is 39.5 Å². The Kier molecular flexibility index (Phi) is 5.37. The molecule has 6 heteroatoms. The first kappa shape index (κ1) is 14.9. The number of fused-ring (bicyclic) bond motifs is 1. The molecule has 1 saturated carbocycles. The Bertz CT molecular complexity index is 330. The Hall–Kier alpha value is -0.170. The zero-order chi connectivity index (χ0) is 13.1. The van der Waals surface area contributed by atoms with Crippen molar-refractivity contribution in [1.82, 2.24) is 5.32 Å². The van der Waals surface area contributed by atoms with Gasteiger partial charge in [-0.1, -0.05) is 13.8 Å². The summed E-state index contributed by atoms with van der Waals surface area (Å²) in [7, 11) is -3.97. The third-order valence-corrected chi connectivity index (χ3v) is 4.93. The summed E-state index contributed by atoms with van der Waals surface area (Å²) in [4.78, 5) is 0. The molecule has 1 saturated heterocycles. The van der Waals surface area contributed by atoms with Crippen LogP contribution in [0, 0.1) is 5.92 Å². The minimum absolute atomic E-state index is 0.141. The smallest absolute Gasteiger partial charge is 0.268 e. The minimum Gasteiger partial charge on any atom is -0.391 e. The molecule has 0 bridgehead atoms. The molecule has 1 heterocycles. The zero-order valence-electron chi connectivity index (χ0n) is 10.5. The normalized spacial score (nSPS) is 37.6. The molecular formula is C11H23NO4S. The van der Waals surface area contributed by atoms with Crippen molar-refractivity contribution in [3.8, 4) is 0 Å². The molecule has 0 aromatic heterocycles. The predicted octanol–water partition coefficient (Wildman–Crippen LogP) is 0.792. The number of nitrogens with one attached hydrogen (secondary N) is 1. The summed E-state index contributed by atoms with van der Waals surface area (Å²) < 4.78 is 31.5. The molecule has 4 atom stereocenters. The zero-order valence-corrected chi connectivity index (χ0v) is 11.3. The van der Waals surface area contributed by atoms with E-state index < -0.39 is 21.5 Å². The highest BCUT2D eigenvalue weighted by Gasteiger charge is 2.44. The first-order valence-electron chi connectivity index (χ1n) is 6.38. The van der Waals surface area contributed by atoms with Gasteiger partial charge in [-0.05, 0) is 38.1 Å². The van der Waals surface area contributed by atoms with E-state index in [1.54, 1.807) is 0 Å². The Morgan fingerprint density at radius 3 is 2.41 bits per heavy atom. The van der Waals surface area contributed by atoms with Crippen molar-refractivity contribution in [2.75, 3.05) is 6.54 Å². The van der Waals surface area contributed by atoms with Crippen LogP contribution in [0.2, 0.25) is 0 Å². The van der Waals surface area contributed by atoms with Crippen LogP contribution >= 0.6 is 0 Å². The van der Waals surface area contributed by atoms with Crippen LogP contribution in [0.4, 0.5) is 0 Å². The molecule has 2 fully saturated rings. The summed E-state index contributed by atoms with van der Waals surface area (Å²) in [5.74, 6) is -0.141. The molecule has 4 unspecified atom stereocenters. The fourth-order valence-electron chi connectivity index (χ4n) is 2.87. The van der Waals surface area contributed by atoms with Crippen LogP contribution in [-0.2, 0) is 10.1 Å². The number of hydrogen-bond acceptors (Lipinski definition) is 4. The van der Waals surface area contributed by atoms with Crippen molar-refractivity contribution in [1.29, 1.82) is 0 Å². The summed E-state index contributed by atoms with van der Waals surface area (Å²) in [5.41, 5.74) is 0. The Morgan fingerprint density at radius 1 is 1.18 bits per heavy atom. The molecule has 0 aromatic carbocycles. The molecule has 0 aromatic rings. The quantitative estimate of drug-likeness (QED) is 0.610. The Morgan fingerprint density at radius 2 is 1.82 bits per heavy atom. The number of hydrogen-bond donors (Lipinski definition) is 3. The minimum atomic E-state index is -3.97. The van der Waals surface area contributed by atoms with Gasteiger partial charge in [0.05, 0.1) is 11.4 Å². The molecule has 0 radical (unpaired) electrons. The van der Waals surface area contributed by atoms with Crippen LogP contribution in [-0.4, -0.2) is 42.0 Å². The van der Waals surface area contributed by atoms with Gasteiger partial charge in [-0.25, -0.2) is 0 Å². The van der Waals surface area contributed by atoms with Gasteiger partial charge in [0.15, 0.2) is 0 Å². The topological polar surface area (TPSA) is 86.6 Å². The fourth-order valence-corrected chi connectivity index (χ4v) is 4.06. The first-order valence-corrected chi connectivity index (χ1v) is 7.88. The predicted molar refractivity (Wildman–Crippen MR) is 66.4 cm³/mol. The van der Waals surface area contributed by atoms with Crippen LogP contribution in [0.3, 0.4) is 0 Å². The molecule has 0 amide bonds. The van der Waals surface area contributed by atoms with Gasteiger partial charge >= 0.3 is 0 Å². The van der Waals surface area contributed by atoms with E-state index in [0.717, 1.165) is 19.4 Å². The van der Waals surface area contributed by atoms with E-state index in [1.165, 1.54) is 0 Å². The molecule has 5 nitrogen and oxygen atoms in total. The monoisotopic (exact) mass is 265 g/mol. The third kappa shape index (κ3) is 3.40. The van der Waals surface area contributed by atoms with Crippen molar-refractivity contribution in [3.63, 3.8) is 0 Å². The molecule has 2 aliphatic rings. The maximum Gasteiger partial charge on any atom is 0.268 e. The van der Waals surface area contributed by atoms with Crippen LogP contribution in [0.5, 0.6) is 0 Å². The SMILES string of the molecule is CC.O=S(=O)(O)C1CCC(O)C2NCCCC21. The van der Waals surface area contributed by atoms with E-state index in [-0.39, 0.29) is 12.0 Å². The fraction of sp³-hybridized carbons (Fsp3) is 1.00. The standard InChI is InChI=1S/C9H17NO4S.C2H6/c11-7-3-4-8(15(12,13)14)6-2-1-5-10-9(6)7;1-2/h6-11H,1-5H2,(H,12,13,14);1-2H3. The largest absolute Gasteiger partial charge is 0.391 e. The van der Waals surface area contributed by atoms with Gasteiger partial charge in [-0.15, -0.1) is 0 Å². The van der Waals surface area contributed by atoms with E-state index in [2.05, 4.69) is 5.32 Å². The lowest BCUT2D eigenvalue weighted by Gasteiger charge is -2.43. The van der Waals surface area contributed by atoms with Crippen LogP contribution in [0.25, 0.3) is 0 Å². The molecule has 17 heavy (non-hydrogen) atoms. The van der Waals surface area contributed by atoms with E-state index in [9.17, 15) is 13.5 Å². The second kappa shape index (κ2) is 6.13. The van der Waals surface area contributed by atoms with Crippen molar-refractivity contribution in [2.24, 2.45) is 5.92 Å². The van der Waals surface area contributed by atoms with E-state index >= 15 is 0 Å². The molecular weight excluding hydrogens is 242 g/mol. The third-order valence-electron chi connectivity index (χ3n) is 3.58. The van der Waals surface area contributed by atoms with E-state index in [0.29, 0.717) is 12.8 Å². The highest BCUT2D eigenvalue weighted by atomic mass is 32.2. The highest BCUT2D eigenvalue weighted by Crippen LogP contribution is 2.34. The Labute approximate surface area is 103 Å². The molecule has 102 valence electrons. The molecule has 1 aliphatic heterocycles. The lowest BCUT2D eigenvalue weighted by molar-refractivity contribution is 0.0431. The summed E-state index contributed by atoms with van der Waals surface area (Å²) >= 11 is 0. The van der Waals surface area contributed by atoms with Crippen molar-refractivity contribution in [2.45, 2.75) is 56.9 Å². The molecule has 3 N–H and O–H groups in total. The number of aliphatic hydroxyl groups is 1. The summed E-state index contributed by atoms with van der Waals surface area (Å²) in [5, 5.41) is 12.2. The van der Waals surface area contributed by atoms with Gasteiger partial charge < -0.3 is 10.4 Å². The van der Waals surface area contributed by atoms with Gasteiger partial charge in [0.1, 0.15) is 0 Å².